The second kappa shape index (κ2) is 14.9. The van der Waals surface area contributed by atoms with Crippen molar-refractivity contribution in [2.24, 2.45) is 12.0 Å². The highest BCUT2D eigenvalue weighted by Crippen LogP contribution is 2.28. The first kappa shape index (κ1) is 28.0. The van der Waals surface area contributed by atoms with Crippen molar-refractivity contribution in [3.8, 4) is 11.5 Å². The summed E-state index contributed by atoms with van der Waals surface area (Å²) in [6.45, 7) is 6.99. The maximum Gasteiger partial charge on any atom is 0.191 e. The van der Waals surface area contributed by atoms with E-state index in [9.17, 15) is 0 Å². The predicted molar refractivity (Wildman–Crippen MR) is 142 cm³/mol. The Balaban J connectivity index is 0.00000512. The van der Waals surface area contributed by atoms with Crippen LogP contribution in [-0.2, 0) is 13.5 Å². The van der Waals surface area contributed by atoms with Gasteiger partial charge in [-0.1, -0.05) is 6.07 Å². The molecule has 0 aliphatic carbocycles. The lowest BCUT2D eigenvalue weighted by atomic mass is 10.1. The molecule has 2 rings (SSSR count). The smallest absolute Gasteiger partial charge is 0.191 e. The molecule has 1 atom stereocenters. The number of likely N-dealkylation sites (N-methyl/N-ethyl adjacent to an activating group) is 1. The molecule has 8 nitrogen and oxygen atoms in total. The molecule has 1 heterocycles. The molecule has 9 heteroatoms. The van der Waals surface area contributed by atoms with Crippen molar-refractivity contribution in [1.29, 1.82) is 0 Å². The average Bonchev–Trinajstić information content (AvgIpc) is 3.17. The molecule has 0 radical (unpaired) electrons. The fourth-order valence-electron chi connectivity index (χ4n) is 3.34. The van der Waals surface area contributed by atoms with Crippen LogP contribution in [-0.4, -0.2) is 68.1 Å². The van der Waals surface area contributed by atoms with Crippen molar-refractivity contribution >= 4 is 29.9 Å². The fourth-order valence-corrected chi connectivity index (χ4v) is 3.34. The number of aryl methyl sites for hydroxylation is 2. The van der Waals surface area contributed by atoms with Gasteiger partial charge in [-0.05, 0) is 58.5 Å². The van der Waals surface area contributed by atoms with Gasteiger partial charge in [-0.15, -0.1) is 24.0 Å². The first-order valence-corrected chi connectivity index (χ1v) is 10.9. The van der Waals surface area contributed by atoms with Gasteiger partial charge in [-0.3, -0.25) is 9.67 Å². The summed E-state index contributed by atoms with van der Waals surface area (Å²) in [5.74, 6) is 2.41. The Kier molecular flexibility index (Phi) is 13.1. The van der Waals surface area contributed by atoms with Gasteiger partial charge in [-0.2, -0.15) is 5.10 Å². The highest BCUT2D eigenvalue weighted by Gasteiger charge is 2.15. The van der Waals surface area contributed by atoms with Crippen LogP contribution in [0.5, 0.6) is 11.5 Å². The van der Waals surface area contributed by atoms with Crippen LogP contribution in [0.1, 0.15) is 37.4 Å². The molecule has 1 aromatic heterocycles. The number of nitrogens with zero attached hydrogens (tertiary/aromatic N) is 4. The third-order valence-corrected chi connectivity index (χ3v) is 4.96. The Morgan fingerprint density at radius 1 is 1.22 bits per heavy atom. The zero-order valence-electron chi connectivity index (χ0n) is 20.2. The summed E-state index contributed by atoms with van der Waals surface area (Å²) in [6, 6.07) is 6.31. The minimum Gasteiger partial charge on any atom is -0.493 e. The summed E-state index contributed by atoms with van der Waals surface area (Å²) >= 11 is 0. The van der Waals surface area contributed by atoms with E-state index in [1.807, 2.05) is 37.1 Å². The van der Waals surface area contributed by atoms with Gasteiger partial charge in [-0.25, -0.2) is 0 Å². The van der Waals surface area contributed by atoms with E-state index in [-0.39, 0.29) is 30.0 Å². The summed E-state index contributed by atoms with van der Waals surface area (Å²) in [7, 11) is 7.74. The Labute approximate surface area is 209 Å². The minimum atomic E-state index is 0. The van der Waals surface area contributed by atoms with Crippen LogP contribution in [0.2, 0.25) is 0 Å². The minimum absolute atomic E-state index is 0. The molecule has 0 aliphatic heterocycles. The first-order chi connectivity index (χ1) is 15.0. The molecule has 1 unspecified atom stereocenters. The van der Waals surface area contributed by atoms with E-state index in [1.54, 1.807) is 7.11 Å². The molecule has 32 heavy (non-hydrogen) atoms. The molecule has 2 aromatic rings. The van der Waals surface area contributed by atoms with Crippen molar-refractivity contribution in [3.63, 3.8) is 0 Å². The zero-order chi connectivity index (χ0) is 22.6. The number of ether oxygens (including phenoxy) is 2. The molecule has 0 saturated carbocycles. The van der Waals surface area contributed by atoms with E-state index in [0.29, 0.717) is 13.2 Å². The number of benzene rings is 1. The Hall–Kier alpha value is -2.01. The summed E-state index contributed by atoms with van der Waals surface area (Å²) < 4.78 is 12.9. The third-order valence-electron chi connectivity index (χ3n) is 4.96. The van der Waals surface area contributed by atoms with Crippen LogP contribution in [0.25, 0.3) is 0 Å². The van der Waals surface area contributed by atoms with E-state index in [1.165, 1.54) is 5.56 Å². The van der Waals surface area contributed by atoms with Gasteiger partial charge in [0.1, 0.15) is 0 Å². The zero-order valence-corrected chi connectivity index (χ0v) is 22.6. The van der Waals surface area contributed by atoms with Crippen LogP contribution < -0.4 is 20.1 Å². The van der Waals surface area contributed by atoms with Gasteiger partial charge < -0.3 is 25.0 Å². The first-order valence-electron chi connectivity index (χ1n) is 10.9. The molecule has 180 valence electrons. The van der Waals surface area contributed by atoms with Crippen molar-refractivity contribution < 1.29 is 9.47 Å². The summed E-state index contributed by atoms with van der Waals surface area (Å²) in [5, 5.41) is 11.1. The maximum atomic E-state index is 5.68. The molecule has 0 amide bonds. The Morgan fingerprint density at radius 3 is 2.59 bits per heavy atom. The summed E-state index contributed by atoms with van der Waals surface area (Å²) in [4.78, 5) is 6.98. The molecule has 0 spiro atoms. The standard InChI is InChI=1S/C23H38N6O2.HI/c1-7-24-23(26-16-20(28(3)4)19-15-27-29(5)17-19)25-13-9-10-18-11-12-21(30-6)22(14-18)31-8-2;/h11-12,14-15,17,20H,7-10,13,16H2,1-6H3,(H2,24,25,26);1H. The monoisotopic (exact) mass is 558 g/mol. The number of hydrogen-bond donors (Lipinski definition) is 2. The second-order valence-electron chi connectivity index (χ2n) is 7.59. The van der Waals surface area contributed by atoms with Crippen molar-refractivity contribution in [2.75, 3.05) is 47.4 Å². The van der Waals surface area contributed by atoms with Crippen LogP contribution in [0, 0.1) is 0 Å². The van der Waals surface area contributed by atoms with Crippen LogP contribution in [0.4, 0.5) is 0 Å². The van der Waals surface area contributed by atoms with Crippen molar-refractivity contribution in [2.45, 2.75) is 32.7 Å². The van der Waals surface area contributed by atoms with Crippen LogP contribution in [0.3, 0.4) is 0 Å². The van der Waals surface area contributed by atoms with Crippen LogP contribution >= 0.6 is 24.0 Å². The molecule has 0 bridgehead atoms. The van der Waals surface area contributed by atoms with Gasteiger partial charge in [0, 0.05) is 31.9 Å². The van der Waals surface area contributed by atoms with Crippen molar-refractivity contribution in [1.82, 2.24) is 25.3 Å². The van der Waals surface area contributed by atoms with Gasteiger partial charge in [0.05, 0.1) is 32.5 Å². The lowest BCUT2D eigenvalue weighted by Gasteiger charge is -2.22. The number of halogens is 1. The van der Waals surface area contributed by atoms with Crippen LogP contribution in [0.15, 0.2) is 35.6 Å². The normalized spacial score (nSPS) is 12.3. The lowest BCUT2D eigenvalue weighted by molar-refractivity contribution is 0.306. The molecule has 0 saturated heterocycles. The second-order valence-corrected chi connectivity index (χ2v) is 7.59. The summed E-state index contributed by atoms with van der Waals surface area (Å²) in [6.07, 6.45) is 5.90. The molecule has 2 N–H and O–H groups in total. The number of hydrogen-bond acceptors (Lipinski definition) is 5. The van der Waals surface area contributed by atoms with Gasteiger partial charge >= 0.3 is 0 Å². The number of aliphatic imine (C=N–C) groups is 1. The van der Waals surface area contributed by atoms with E-state index >= 15 is 0 Å². The number of rotatable bonds is 12. The number of aromatic nitrogens is 2. The molecule has 0 fully saturated rings. The molecule has 1 aromatic carbocycles. The topological polar surface area (TPSA) is 75.9 Å². The fraction of sp³-hybridized carbons (Fsp3) is 0.565. The molecule has 0 aliphatic rings. The lowest BCUT2D eigenvalue weighted by Crippen LogP contribution is -2.38. The Bertz CT molecular complexity index is 825. The maximum absolute atomic E-state index is 5.68. The number of guanidine groups is 1. The van der Waals surface area contributed by atoms with Gasteiger partial charge in [0.2, 0.25) is 0 Å². The molecular weight excluding hydrogens is 519 g/mol. The highest BCUT2D eigenvalue weighted by atomic mass is 127. The van der Waals surface area contributed by atoms with E-state index in [4.69, 9.17) is 14.5 Å². The summed E-state index contributed by atoms with van der Waals surface area (Å²) in [5.41, 5.74) is 2.40. The highest BCUT2D eigenvalue weighted by molar-refractivity contribution is 14.0. The Morgan fingerprint density at radius 2 is 2.00 bits per heavy atom. The molecular formula is C23H39IN6O2. The van der Waals surface area contributed by atoms with E-state index < -0.39 is 0 Å². The third kappa shape index (κ3) is 8.85. The number of nitrogens with one attached hydrogen (secondary N) is 2. The van der Waals surface area contributed by atoms with Crippen molar-refractivity contribution in [3.05, 3.63) is 41.7 Å². The largest absolute Gasteiger partial charge is 0.493 e. The van der Waals surface area contributed by atoms with E-state index in [0.717, 1.165) is 49.0 Å². The average molecular weight is 559 g/mol. The van der Waals surface area contributed by atoms with Gasteiger partial charge in [0.25, 0.3) is 0 Å². The SMILES string of the molecule is CCNC(=NCC(c1cnn(C)c1)N(C)C)NCCCc1ccc(OC)c(OCC)c1.I. The van der Waals surface area contributed by atoms with E-state index in [2.05, 4.69) is 53.8 Å². The van der Waals surface area contributed by atoms with Gasteiger partial charge in [0.15, 0.2) is 17.5 Å². The quantitative estimate of drug-likeness (QED) is 0.180. The predicted octanol–water partition coefficient (Wildman–Crippen LogP) is 3.24. The number of methoxy groups -OCH3 is 1.